The van der Waals surface area contributed by atoms with Crippen molar-refractivity contribution >= 4 is 0 Å². The second-order valence-corrected chi connectivity index (χ2v) is 6.47. The summed E-state index contributed by atoms with van der Waals surface area (Å²) < 4.78 is 1.95. The molecule has 0 aliphatic heterocycles. The van der Waals surface area contributed by atoms with Gasteiger partial charge in [0.2, 0.25) is 0 Å². The van der Waals surface area contributed by atoms with E-state index in [1.54, 1.807) is 0 Å². The van der Waals surface area contributed by atoms with Crippen LogP contribution in [0.1, 0.15) is 45.5 Å². The number of hydrazine groups is 1. The van der Waals surface area contributed by atoms with E-state index in [1.807, 2.05) is 18.7 Å². The van der Waals surface area contributed by atoms with Crippen molar-refractivity contribution in [3.8, 4) is 0 Å². The number of aryl methyl sites for hydroxylation is 2. The highest BCUT2D eigenvalue weighted by Gasteiger charge is 2.23. The Balaban J connectivity index is 2.65. The molecule has 0 bridgehead atoms. The fraction of sp³-hybridized carbons (Fsp3) is 0.786. The lowest BCUT2D eigenvalue weighted by Gasteiger charge is -2.30. The van der Waals surface area contributed by atoms with E-state index in [0.29, 0.717) is 17.4 Å². The monoisotopic (exact) mass is 252 g/mol. The van der Waals surface area contributed by atoms with Gasteiger partial charge in [-0.15, -0.1) is 0 Å². The first kappa shape index (κ1) is 15.2. The van der Waals surface area contributed by atoms with Gasteiger partial charge in [-0.25, -0.2) is 0 Å². The molecule has 18 heavy (non-hydrogen) atoms. The van der Waals surface area contributed by atoms with Crippen molar-refractivity contribution in [2.45, 2.75) is 53.5 Å². The molecular weight excluding hydrogens is 224 g/mol. The van der Waals surface area contributed by atoms with E-state index in [2.05, 4.69) is 44.3 Å². The van der Waals surface area contributed by atoms with Gasteiger partial charge >= 0.3 is 0 Å². The van der Waals surface area contributed by atoms with Gasteiger partial charge in [0.15, 0.2) is 0 Å². The molecule has 2 atom stereocenters. The van der Waals surface area contributed by atoms with E-state index in [4.69, 9.17) is 5.84 Å². The molecule has 0 saturated carbocycles. The van der Waals surface area contributed by atoms with E-state index in [1.165, 1.54) is 5.69 Å². The summed E-state index contributed by atoms with van der Waals surface area (Å²) in [7, 11) is 1.99. The maximum Gasteiger partial charge on any atom is 0.0596 e. The van der Waals surface area contributed by atoms with Crippen molar-refractivity contribution < 1.29 is 0 Å². The molecular formula is C14H28N4. The first-order valence-electron chi connectivity index (χ1n) is 6.69. The largest absolute Gasteiger partial charge is 0.272 e. The number of hydrogen-bond donors (Lipinski definition) is 2. The summed E-state index contributed by atoms with van der Waals surface area (Å²) in [5.74, 6) is 6.31. The number of rotatable bonds is 5. The quantitative estimate of drug-likeness (QED) is 0.624. The summed E-state index contributed by atoms with van der Waals surface area (Å²) in [4.78, 5) is 0. The Kier molecular flexibility index (Phi) is 4.93. The Morgan fingerprint density at radius 3 is 2.44 bits per heavy atom. The Labute approximate surface area is 111 Å². The first-order valence-corrected chi connectivity index (χ1v) is 6.69. The molecule has 0 aliphatic rings. The fourth-order valence-electron chi connectivity index (χ4n) is 2.10. The van der Waals surface area contributed by atoms with E-state index >= 15 is 0 Å². The molecule has 4 nitrogen and oxygen atoms in total. The molecule has 0 amide bonds. The van der Waals surface area contributed by atoms with Gasteiger partial charge in [-0.05, 0) is 30.7 Å². The maximum absolute atomic E-state index is 5.69. The van der Waals surface area contributed by atoms with Gasteiger partial charge in [-0.2, -0.15) is 5.10 Å². The molecule has 2 unspecified atom stereocenters. The average molecular weight is 252 g/mol. The lowest BCUT2D eigenvalue weighted by molar-refractivity contribution is 0.221. The molecule has 104 valence electrons. The summed E-state index contributed by atoms with van der Waals surface area (Å²) in [5, 5.41) is 4.37. The van der Waals surface area contributed by atoms with Gasteiger partial charge in [-0.3, -0.25) is 16.0 Å². The Morgan fingerprint density at radius 2 is 2.06 bits per heavy atom. The molecule has 0 radical (unpaired) electrons. The minimum Gasteiger partial charge on any atom is -0.272 e. The average Bonchev–Trinajstić information content (AvgIpc) is 2.54. The topological polar surface area (TPSA) is 55.9 Å². The summed E-state index contributed by atoms with van der Waals surface area (Å²) in [6.07, 6.45) is 2.00. The van der Waals surface area contributed by atoms with Gasteiger partial charge in [0, 0.05) is 25.2 Å². The molecule has 1 rings (SSSR count). The lowest BCUT2D eigenvalue weighted by atomic mass is 9.78. The molecule has 3 N–H and O–H groups in total. The van der Waals surface area contributed by atoms with E-state index in [-0.39, 0.29) is 0 Å². The van der Waals surface area contributed by atoms with Crippen LogP contribution in [0.5, 0.6) is 0 Å². The normalized spacial score (nSPS) is 15.7. The number of aromatic nitrogens is 2. The van der Waals surface area contributed by atoms with Crippen molar-refractivity contribution in [1.29, 1.82) is 0 Å². The van der Waals surface area contributed by atoms with Crippen LogP contribution in [0, 0.1) is 18.3 Å². The SMILES string of the molecule is Cc1cc(CC(CC(C)C(C)(C)C)NN)n(C)n1. The van der Waals surface area contributed by atoms with E-state index < -0.39 is 0 Å². The van der Waals surface area contributed by atoms with Gasteiger partial charge < -0.3 is 0 Å². The Bertz CT molecular complexity index is 376. The third-order valence-corrected chi connectivity index (χ3v) is 3.91. The van der Waals surface area contributed by atoms with Crippen molar-refractivity contribution in [1.82, 2.24) is 15.2 Å². The third kappa shape index (κ3) is 4.10. The summed E-state index contributed by atoms with van der Waals surface area (Å²) in [6.45, 7) is 11.1. The molecule has 0 fully saturated rings. The molecule has 1 heterocycles. The molecule has 4 heteroatoms. The van der Waals surface area contributed by atoms with Crippen LogP contribution in [0.15, 0.2) is 6.07 Å². The summed E-state index contributed by atoms with van der Waals surface area (Å²) in [5.41, 5.74) is 5.56. The summed E-state index contributed by atoms with van der Waals surface area (Å²) >= 11 is 0. The molecule has 0 aliphatic carbocycles. The zero-order valence-electron chi connectivity index (χ0n) is 12.6. The highest BCUT2D eigenvalue weighted by molar-refractivity contribution is 5.10. The molecule has 0 saturated heterocycles. The minimum absolute atomic E-state index is 0.300. The predicted molar refractivity (Wildman–Crippen MR) is 76.0 cm³/mol. The van der Waals surface area contributed by atoms with Crippen LogP contribution in [0.4, 0.5) is 0 Å². The predicted octanol–water partition coefficient (Wildman–Crippen LogP) is 2.18. The highest BCUT2D eigenvalue weighted by Crippen LogP contribution is 2.29. The standard InChI is InChI=1S/C14H28N4/c1-10(14(3,4)5)7-12(16-15)9-13-8-11(2)17-18(13)6/h8,10,12,16H,7,9,15H2,1-6H3. The van der Waals surface area contributed by atoms with Crippen molar-refractivity contribution in [2.24, 2.45) is 24.2 Å². The van der Waals surface area contributed by atoms with Crippen molar-refractivity contribution in [2.75, 3.05) is 0 Å². The smallest absolute Gasteiger partial charge is 0.0596 e. The second kappa shape index (κ2) is 5.85. The Morgan fingerprint density at radius 1 is 1.44 bits per heavy atom. The lowest BCUT2D eigenvalue weighted by Crippen LogP contribution is -2.40. The number of hydrogen-bond acceptors (Lipinski definition) is 3. The molecule has 1 aromatic heterocycles. The summed E-state index contributed by atoms with van der Waals surface area (Å²) in [6, 6.07) is 2.43. The van der Waals surface area contributed by atoms with E-state index in [9.17, 15) is 0 Å². The first-order chi connectivity index (χ1) is 8.24. The molecule has 1 aromatic rings. The van der Waals surface area contributed by atoms with Crippen molar-refractivity contribution in [3.63, 3.8) is 0 Å². The van der Waals surface area contributed by atoms with Gasteiger partial charge in [0.1, 0.15) is 0 Å². The maximum atomic E-state index is 5.69. The number of nitrogens with one attached hydrogen (secondary N) is 1. The molecule has 0 aromatic carbocycles. The minimum atomic E-state index is 0.300. The third-order valence-electron chi connectivity index (χ3n) is 3.91. The number of nitrogens with two attached hydrogens (primary N) is 1. The fourth-order valence-corrected chi connectivity index (χ4v) is 2.10. The van der Waals surface area contributed by atoms with Crippen LogP contribution in [0.3, 0.4) is 0 Å². The van der Waals surface area contributed by atoms with Crippen LogP contribution in [-0.4, -0.2) is 15.8 Å². The van der Waals surface area contributed by atoms with Crippen LogP contribution in [-0.2, 0) is 13.5 Å². The van der Waals surface area contributed by atoms with Crippen molar-refractivity contribution in [3.05, 3.63) is 17.5 Å². The van der Waals surface area contributed by atoms with Crippen LogP contribution in [0.2, 0.25) is 0 Å². The second-order valence-electron chi connectivity index (χ2n) is 6.47. The zero-order valence-corrected chi connectivity index (χ0v) is 12.6. The number of nitrogens with zero attached hydrogens (tertiary/aromatic N) is 2. The zero-order chi connectivity index (χ0) is 13.9. The molecule has 0 spiro atoms. The van der Waals surface area contributed by atoms with Crippen LogP contribution in [0.25, 0.3) is 0 Å². The van der Waals surface area contributed by atoms with Crippen LogP contribution < -0.4 is 11.3 Å². The van der Waals surface area contributed by atoms with Gasteiger partial charge in [0.05, 0.1) is 5.69 Å². The van der Waals surface area contributed by atoms with Crippen LogP contribution >= 0.6 is 0 Å². The van der Waals surface area contributed by atoms with Gasteiger partial charge in [0.25, 0.3) is 0 Å². The van der Waals surface area contributed by atoms with Gasteiger partial charge in [-0.1, -0.05) is 27.7 Å². The Hall–Kier alpha value is -0.870. The van der Waals surface area contributed by atoms with E-state index in [0.717, 1.165) is 18.5 Å². The highest BCUT2D eigenvalue weighted by atomic mass is 15.3.